The van der Waals surface area contributed by atoms with Crippen molar-refractivity contribution in [3.63, 3.8) is 0 Å². The Balaban J connectivity index is 1.86. The van der Waals surface area contributed by atoms with Gasteiger partial charge in [0.1, 0.15) is 0 Å². The number of halogens is 3. The molecule has 3 nitrogen and oxygen atoms in total. The highest BCUT2D eigenvalue weighted by atomic mass is 35.5. The van der Waals surface area contributed by atoms with Crippen LogP contribution in [0.1, 0.15) is 41.9 Å². The van der Waals surface area contributed by atoms with Gasteiger partial charge in [-0.15, -0.1) is 0 Å². The van der Waals surface area contributed by atoms with Gasteiger partial charge < -0.3 is 9.47 Å². The Morgan fingerprint density at radius 3 is 2.48 bits per heavy atom. The van der Waals surface area contributed by atoms with E-state index in [-0.39, 0.29) is 11.9 Å². The Morgan fingerprint density at radius 1 is 1.03 bits per heavy atom. The average molecular weight is 450 g/mol. The smallest absolute Gasteiger partial charge is 0.255 e. The lowest BCUT2D eigenvalue weighted by atomic mass is 10.1. The Kier molecular flexibility index (Phi) is 7.28. The van der Waals surface area contributed by atoms with E-state index in [0.29, 0.717) is 33.7 Å². The lowest BCUT2D eigenvalue weighted by Crippen LogP contribution is -2.38. The zero-order chi connectivity index (χ0) is 21.0. The zero-order valence-corrected chi connectivity index (χ0v) is 18.7. The fourth-order valence-electron chi connectivity index (χ4n) is 3.22. The first kappa shape index (κ1) is 21.8. The van der Waals surface area contributed by atoms with E-state index in [1.807, 2.05) is 54.4 Å². The quantitative estimate of drug-likeness (QED) is 0.383. The Labute approximate surface area is 186 Å². The van der Waals surface area contributed by atoms with Crippen LogP contribution in [-0.4, -0.2) is 21.4 Å². The van der Waals surface area contributed by atoms with Crippen LogP contribution in [0, 0.1) is 0 Å². The summed E-state index contributed by atoms with van der Waals surface area (Å²) in [5.74, 6) is -0.100. The molecule has 0 aliphatic rings. The maximum atomic E-state index is 13.3. The molecule has 0 aliphatic heterocycles. The number of rotatable bonds is 7. The molecule has 0 spiro atoms. The van der Waals surface area contributed by atoms with Gasteiger partial charge in [0.25, 0.3) is 5.91 Å². The molecule has 1 atom stereocenters. The molecule has 1 amide bonds. The number of carbonyl (C=O) groups excluding carboxylic acids is 1. The molecule has 0 N–H and O–H groups in total. The standard InChI is InChI=1S/C23H23Cl3N2O/c1-3-16(2)28(23(29)21-10-9-19(25)13-22(21)26)15-20-8-5-11-27(20)14-17-6-4-7-18(24)12-17/h4-13,16H,3,14-15H2,1-2H3. The van der Waals surface area contributed by atoms with Crippen LogP contribution in [0.4, 0.5) is 0 Å². The van der Waals surface area contributed by atoms with Crippen molar-refractivity contribution in [3.05, 3.63) is 92.7 Å². The topological polar surface area (TPSA) is 25.2 Å². The Bertz CT molecular complexity index is 999. The number of amides is 1. The molecule has 0 aliphatic carbocycles. The normalized spacial score (nSPS) is 12.0. The van der Waals surface area contributed by atoms with Crippen LogP contribution in [0.5, 0.6) is 0 Å². The monoisotopic (exact) mass is 448 g/mol. The summed E-state index contributed by atoms with van der Waals surface area (Å²) in [6, 6.07) is 16.9. The lowest BCUT2D eigenvalue weighted by molar-refractivity contribution is 0.0667. The van der Waals surface area contributed by atoms with Crippen LogP contribution in [0.15, 0.2) is 60.8 Å². The molecule has 152 valence electrons. The van der Waals surface area contributed by atoms with E-state index < -0.39 is 0 Å². The summed E-state index contributed by atoms with van der Waals surface area (Å²) >= 11 is 18.4. The number of carbonyl (C=O) groups is 1. The molecule has 0 fully saturated rings. The minimum absolute atomic E-state index is 0.0590. The van der Waals surface area contributed by atoms with Crippen molar-refractivity contribution in [1.29, 1.82) is 0 Å². The van der Waals surface area contributed by atoms with Crippen LogP contribution >= 0.6 is 34.8 Å². The maximum Gasteiger partial charge on any atom is 0.255 e. The highest BCUT2D eigenvalue weighted by molar-refractivity contribution is 6.36. The molecule has 3 rings (SSSR count). The second-order valence-electron chi connectivity index (χ2n) is 7.07. The summed E-state index contributed by atoms with van der Waals surface area (Å²) in [5, 5.41) is 1.59. The first-order chi connectivity index (χ1) is 13.9. The van der Waals surface area contributed by atoms with E-state index in [1.54, 1.807) is 18.2 Å². The highest BCUT2D eigenvalue weighted by Gasteiger charge is 2.24. The van der Waals surface area contributed by atoms with Gasteiger partial charge in [-0.3, -0.25) is 4.79 Å². The summed E-state index contributed by atoms with van der Waals surface area (Å²) in [7, 11) is 0. The summed E-state index contributed by atoms with van der Waals surface area (Å²) in [6.45, 7) is 5.29. The van der Waals surface area contributed by atoms with Crippen molar-refractivity contribution >= 4 is 40.7 Å². The van der Waals surface area contributed by atoms with E-state index in [9.17, 15) is 4.79 Å². The van der Waals surface area contributed by atoms with Crippen molar-refractivity contribution in [2.75, 3.05) is 0 Å². The third-order valence-corrected chi connectivity index (χ3v) is 5.83. The van der Waals surface area contributed by atoms with Crippen LogP contribution in [0.25, 0.3) is 0 Å². The van der Waals surface area contributed by atoms with Crippen molar-refractivity contribution in [3.8, 4) is 0 Å². The summed E-state index contributed by atoms with van der Waals surface area (Å²) in [4.78, 5) is 15.1. The van der Waals surface area contributed by atoms with Gasteiger partial charge in [-0.25, -0.2) is 0 Å². The maximum absolute atomic E-state index is 13.3. The lowest BCUT2D eigenvalue weighted by Gasteiger charge is -2.29. The van der Waals surface area contributed by atoms with Crippen LogP contribution in [-0.2, 0) is 13.1 Å². The first-order valence-electron chi connectivity index (χ1n) is 9.53. The molecule has 0 bridgehead atoms. The van der Waals surface area contributed by atoms with Gasteiger partial charge in [0.05, 0.1) is 17.1 Å². The van der Waals surface area contributed by atoms with Crippen molar-refractivity contribution < 1.29 is 4.79 Å². The molecule has 0 saturated heterocycles. The third-order valence-electron chi connectivity index (χ3n) is 5.04. The van der Waals surface area contributed by atoms with E-state index in [1.165, 1.54) is 0 Å². The molecule has 1 aromatic heterocycles. The highest BCUT2D eigenvalue weighted by Crippen LogP contribution is 2.25. The Hall–Kier alpha value is -1.94. The Morgan fingerprint density at radius 2 is 1.79 bits per heavy atom. The van der Waals surface area contributed by atoms with E-state index in [4.69, 9.17) is 34.8 Å². The van der Waals surface area contributed by atoms with Gasteiger partial charge >= 0.3 is 0 Å². The zero-order valence-electron chi connectivity index (χ0n) is 16.4. The fourth-order valence-corrected chi connectivity index (χ4v) is 3.92. The predicted octanol–water partition coefficient (Wildman–Crippen LogP) is 6.94. The summed E-state index contributed by atoms with van der Waals surface area (Å²) in [6.07, 6.45) is 2.86. The van der Waals surface area contributed by atoms with Gasteiger partial charge in [0.2, 0.25) is 0 Å². The molecule has 0 radical (unpaired) electrons. The minimum Gasteiger partial charge on any atom is -0.345 e. The second kappa shape index (κ2) is 9.71. The molecule has 0 saturated carbocycles. The number of benzene rings is 2. The first-order valence-corrected chi connectivity index (χ1v) is 10.7. The largest absolute Gasteiger partial charge is 0.345 e. The molecule has 6 heteroatoms. The van der Waals surface area contributed by atoms with E-state index in [0.717, 1.165) is 17.7 Å². The van der Waals surface area contributed by atoms with Gasteiger partial charge in [0.15, 0.2) is 0 Å². The molecule has 3 aromatic rings. The number of hydrogen-bond donors (Lipinski definition) is 0. The van der Waals surface area contributed by atoms with E-state index in [2.05, 4.69) is 11.5 Å². The molecule has 1 unspecified atom stereocenters. The van der Waals surface area contributed by atoms with Gasteiger partial charge in [-0.2, -0.15) is 0 Å². The summed E-state index contributed by atoms with van der Waals surface area (Å²) in [5.41, 5.74) is 2.62. The van der Waals surface area contributed by atoms with E-state index >= 15 is 0 Å². The van der Waals surface area contributed by atoms with Gasteiger partial charge in [0, 0.05) is 34.5 Å². The average Bonchev–Trinajstić information content (AvgIpc) is 3.11. The number of nitrogens with zero attached hydrogens (tertiary/aromatic N) is 2. The molecular weight excluding hydrogens is 427 g/mol. The van der Waals surface area contributed by atoms with Gasteiger partial charge in [-0.05, 0) is 61.4 Å². The molecule has 1 heterocycles. The van der Waals surface area contributed by atoms with Crippen LogP contribution in [0.3, 0.4) is 0 Å². The second-order valence-corrected chi connectivity index (χ2v) is 8.35. The number of aromatic nitrogens is 1. The van der Waals surface area contributed by atoms with Crippen LogP contribution < -0.4 is 0 Å². The third kappa shape index (κ3) is 5.36. The van der Waals surface area contributed by atoms with Crippen molar-refractivity contribution in [2.45, 2.75) is 39.4 Å². The minimum atomic E-state index is -0.100. The van der Waals surface area contributed by atoms with Crippen LogP contribution in [0.2, 0.25) is 15.1 Å². The molecule has 29 heavy (non-hydrogen) atoms. The fraction of sp³-hybridized carbons (Fsp3) is 0.261. The number of hydrogen-bond acceptors (Lipinski definition) is 1. The molecular formula is C23H23Cl3N2O. The summed E-state index contributed by atoms with van der Waals surface area (Å²) < 4.78 is 2.14. The predicted molar refractivity (Wildman–Crippen MR) is 121 cm³/mol. The van der Waals surface area contributed by atoms with Crippen molar-refractivity contribution in [2.24, 2.45) is 0 Å². The van der Waals surface area contributed by atoms with Crippen molar-refractivity contribution in [1.82, 2.24) is 9.47 Å². The van der Waals surface area contributed by atoms with Gasteiger partial charge in [-0.1, -0.05) is 53.9 Å². The SMILES string of the molecule is CCC(C)N(Cc1cccn1Cc1cccc(Cl)c1)C(=O)c1ccc(Cl)cc1Cl. The molecule has 2 aromatic carbocycles.